The zero-order valence-corrected chi connectivity index (χ0v) is 16.7. The van der Waals surface area contributed by atoms with Gasteiger partial charge >= 0.3 is 0 Å². The zero-order valence-electron chi connectivity index (χ0n) is 15.1. The molecule has 0 bridgehead atoms. The highest BCUT2D eigenvalue weighted by Crippen LogP contribution is 2.27. The highest BCUT2D eigenvalue weighted by Gasteiger charge is 2.11. The van der Waals surface area contributed by atoms with Gasteiger partial charge in [0.25, 0.3) is 5.91 Å². The van der Waals surface area contributed by atoms with Gasteiger partial charge in [-0.25, -0.2) is 4.98 Å². The summed E-state index contributed by atoms with van der Waals surface area (Å²) in [5.41, 5.74) is 2.76. The predicted octanol–water partition coefficient (Wildman–Crippen LogP) is 6.10. The van der Waals surface area contributed by atoms with Crippen molar-refractivity contribution >= 4 is 56.1 Å². The number of ketones is 1. The Morgan fingerprint density at radius 3 is 2.45 bits per heavy atom. The summed E-state index contributed by atoms with van der Waals surface area (Å²) in [6, 6.07) is 21.5. The van der Waals surface area contributed by atoms with Gasteiger partial charge in [0.2, 0.25) is 0 Å². The molecule has 0 fully saturated rings. The lowest BCUT2D eigenvalue weighted by atomic mass is 10.1. The molecule has 1 N–H and O–H groups in total. The van der Waals surface area contributed by atoms with Crippen LogP contribution in [0.25, 0.3) is 16.3 Å². The fourth-order valence-electron chi connectivity index (χ4n) is 2.73. The minimum atomic E-state index is -0.216. The maximum Gasteiger partial charge on any atom is 0.257 e. The fraction of sp³-hybridized carbons (Fsp3) is 0. The van der Waals surface area contributed by atoms with Crippen molar-refractivity contribution in [3.8, 4) is 0 Å². The molecule has 0 spiro atoms. The summed E-state index contributed by atoms with van der Waals surface area (Å²) in [6.45, 7) is 0. The van der Waals surface area contributed by atoms with Gasteiger partial charge in [-0.1, -0.05) is 59.3 Å². The molecule has 4 rings (SSSR count). The Kier molecular flexibility index (Phi) is 5.51. The van der Waals surface area contributed by atoms with E-state index in [4.69, 9.17) is 11.6 Å². The van der Waals surface area contributed by atoms with Gasteiger partial charge in [-0.3, -0.25) is 14.9 Å². The third-order valence-electron chi connectivity index (χ3n) is 4.23. The first-order chi connectivity index (χ1) is 14.1. The molecule has 0 saturated carbocycles. The first-order valence-corrected chi connectivity index (χ1v) is 10.0. The number of benzene rings is 3. The summed E-state index contributed by atoms with van der Waals surface area (Å²) in [5.74, 6) is -0.322. The first-order valence-electron chi connectivity index (χ1n) is 8.83. The van der Waals surface area contributed by atoms with Crippen LogP contribution in [-0.2, 0) is 0 Å². The van der Waals surface area contributed by atoms with E-state index in [9.17, 15) is 9.59 Å². The van der Waals surface area contributed by atoms with Crippen LogP contribution in [0.15, 0.2) is 78.9 Å². The lowest BCUT2D eigenvalue weighted by Gasteiger charge is -2.00. The quantitative estimate of drug-likeness (QED) is 0.314. The minimum Gasteiger partial charge on any atom is -0.298 e. The number of thiazole rings is 1. The Bertz CT molecular complexity index is 1210. The molecular formula is C23H15ClN2O2S. The van der Waals surface area contributed by atoms with Gasteiger partial charge in [0.05, 0.1) is 10.2 Å². The van der Waals surface area contributed by atoms with E-state index in [0.29, 0.717) is 21.3 Å². The molecule has 142 valence electrons. The van der Waals surface area contributed by atoms with Crippen LogP contribution in [0.3, 0.4) is 0 Å². The molecule has 0 aliphatic heterocycles. The smallest absolute Gasteiger partial charge is 0.257 e. The number of hydrogen-bond acceptors (Lipinski definition) is 4. The Balaban J connectivity index is 1.51. The largest absolute Gasteiger partial charge is 0.298 e. The van der Waals surface area contributed by atoms with Gasteiger partial charge in [-0.2, -0.15) is 0 Å². The summed E-state index contributed by atoms with van der Waals surface area (Å²) >= 11 is 7.21. The number of aromatic nitrogens is 1. The normalized spacial score (nSPS) is 11.1. The monoisotopic (exact) mass is 418 g/mol. The molecular weight excluding hydrogens is 404 g/mol. The number of fused-ring (bicyclic) bond motifs is 1. The molecule has 4 aromatic rings. The van der Waals surface area contributed by atoms with Crippen LogP contribution in [0.1, 0.15) is 26.3 Å². The predicted molar refractivity (Wildman–Crippen MR) is 119 cm³/mol. The number of carbonyl (C=O) groups is 2. The number of nitrogens with one attached hydrogen (secondary N) is 1. The number of nitrogens with zero attached hydrogens (tertiary/aromatic N) is 1. The van der Waals surface area contributed by atoms with Crippen LogP contribution in [0.2, 0.25) is 5.02 Å². The molecule has 1 aromatic heterocycles. The van der Waals surface area contributed by atoms with Crippen LogP contribution in [-0.4, -0.2) is 16.7 Å². The molecule has 1 heterocycles. The van der Waals surface area contributed by atoms with E-state index in [-0.39, 0.29) is 11.7 Å². The van der Waals surface area contributed by atoms with E-state index < -0.39 is 0 Å². The van der Waals surface area contributed by atoms with Crippen LogP contribution < -0.4 is 5.32 Å². The van der Waals surface area contributed by atoms with E-state index in [1.165, 1.54) is 17.4 Å². The Labute approximate surface area is 176 Å². The van der Waals surface area contributed by atoms with E-state index >= 15 is 0 Å². The van der Waals surface area contributed by atoms with Crippen molar-refractivity contribution in [2.75, 3.05) is 5.32 Å². The molecule has 0 unspecified atom stereocenters. The standard InChI is InChI=1S/C23H15ClN2O2S/c24-18-10-6-15(7-11-18)8-13-20(27)17-9-12-19-21(14-17)29-23(25-19)26-22(28)16-4-2-1-3-5-16/h1-14H,(H,25,26,28)/b13-8+. The Hall–Kier alpha value is -3.28. The van der Waals surface area contributed by atoms with Crippen molar-refractivity contribution in [3.63, 3.8) is 0 Å². The van der Waals surface area contributed by atoms with E-state index in [1.54, 1.807) is 48.5 Å². The summed E-state index contributed by atoms with van der Waals surface area (Å²) in [6.07, 6.45) is 3.28. The lowest BCUT2D eigenvalue weighted by molar-refractivity contribution is 0.102. The molecule has 0 aliphatic carbocycles. The van der Waals surface area contributed by atoms with Crippen molar-refractivity contribution < 1.29 is 9.59 Å². The fourth-order valence-corrected chi connectivity index (χ4v) is 3.76. The van der Waals surface area contributed by atoms with Crippen LogP contribution >= 0.6 is 22.9 Å². The molecule has 3 aromatic carbocycles. The minimum absolute atomic E-state index is 0.106. The molecule has 0 atom stereocenters. The SMILES string of the molecule is O=C(/C=C/c1ccc(Cl)cc1)c1ccc2nc(NC(=O)c3ccccc3)sc2c1. The number of rotatable bonds is 5. The lowest BCUT2D eigenvalue weighted by Crippen LogP contribution is -2.11. The van der Waals surface area contributed by atoms with Gasteiger partial charge < -0.3 is 0 Å². The van der Waals surface area contributed by atoms with Gasteiger partial charge in [0, 0.05) is 16.1 Å². The van der Waals surface area contributed by atoms with Crippen molar-refractivity contribution in [3.05, 3.63) is 101 Å². The van der Waals surface area contributed by atoms with Crippen LogP contribution in [0.5, 0.6) is 0 Å². The number of amides is 1. The van der Waals surface area contributed by atoms with Crippen molar-refractivity contribution in [2.24, 2.45) is 0 Å². The summed E-state index contributed by atoms with van der Waals surface area (Å²) in [7, 11) is 0. The van der Waals surface area contributed by atoms with E-state index in [1.807, 2.05) is 30.3 Å². The Morgan fingerprint density at radius 1 is 0.931 bits per heavy atom. The molecule has 29 heavy (non-hydrogen) atoms. The number of carbonyl (C=O) groups excluding carboxylic acids is 2. The first kappa shape index (κ1) is 19.1. The van der Waals surface area contributed by atoms with Gasteiger partial charge in [-0.05, 0) is 54.1 Å². The molecule has 4 nitrogen and oxygen atoms in total. The van der Waals surface area contributed by atoms with Crippen LogP contribution in [0.4, 0.5) is 5.13 Å². The van der Waals surface area contributed by atoms with Crippen LogP contribution in [0, 0.1) is 0 Å². The van der Waals surface area contributed by atoms with Crippen molar-refractivity contribution in [1.29, 1.82) is 0 Å². The maximum atomic E-state index is 12.5. The molecule has 0 saturated heterocycles. The van der Waals surface area contributed by atoms with E-state index in [0.717, 1.165) is 15.8 Å². The Morgan fingerprint density at radius 2 is 1.69 bits per heavy atom. The maximum absolute atomic E-state index is 12.5. The summed E-state index contributed by atoms with van der Waals surface area (Å²) in [5, 5.41) is 3.95. The number of anilines is 1. The average Bonchev–Trinajstić information content (AvgIpc) is 3.15. The number of halogens is 1. The number of allylic oxidation sites excluding steroid dienone is 1. The van der Waals surface area contributed by atoms with Gasteiger partial charge in [-0.15, -0.1) is 0 Å². The van der Waals surface area contributed by atoms with Gasteiger partial charge in [0.1, 0.15) is 0 Å². The highest BCUT2D eigenvalue weighted by molar-refractivity contribution is 7.22. The van der Waals surface area contributed by atoms with E-state index in [2.05, 4.69) is 10.3 Å². The second-order valence-corrected chi connectivity index (χ2v) is 7.74. The van der Waals surface area contributed by atoms with Gasteiger partial charge in [0.15, 0.2) is 10.9 Å². The molecule has 1 amide bonds. The summed E-state index contributed by atoms with van der Waals surface area (Å²) in [4.78, 5) is 29.2. The molecule has 6 heteroatoms. The van der Waals surface area contributed by atoms with Crippen molar-refractivity contribution in [2.45, 2.75) is 0 Å². The topological polar surface area (TPSA) is 59.1 Å². The highest BCUT2D eigenvalue weighted by atomic mass is 35.5. The molecule has 0 radical (unpaired) electrons. The second kappa shape index (κ2) is 8.39. The molecule has 0 aliphatic rings. The third kappa shape index (κ3) is 4.59. The average molecular weight is 419 g/mol. The van der Waals surface area contributed by atoms with Crippen molar-refractivity contribution in [1.82, 2.24) is 4.98 Å². The summed E-state index contributed by atoms with van der Waals surface area (Å²) < 4.78 is 0.833. The number of hydrogen-bond donors (Lipinski definition) is 1. The zero-order chi connectivity index (χ0) is 20.2. The third-order valence-corrected chi connectivity index (χ3v) is 5.41. The second-order valence-electron chi connectivity index (χ2n) is 6.27.